The van der Waals surface area contributed by atoms with Gasteiger partial charge in [0.05, 0.1) is 6.61 Å². The minimum atomic E-state index is 0.800. The summed E-state index contributed by atoms with van der Waals surface area (Å²) in [6.07, 6.45) is 8.92. The molecule has 1 aliphatic carbocycles. The molecular weight excluding hydrogens is 234 g/mol. The van der Waals surface area contributed by atoms with Crippen LogP contribution in [0.25, 0.3) is 10.9 Å². The molecule has 1 saturated carbocycles. The minimum absolute atomic E-state index is 0.800. The van der Waals surface area contributed by atoms with E-state index in [1.165, 1.54) is 43.1 Å². The Morgan fingerprint density at radius 2 is 2.05 bits per heavy atom. The summed E-state index contributed by atoms with van der Waals surface area (Å²) >= 11 is 0. The van der Waals surface area contributed by atoms with Gasteiger partial charge in [0.15, 0.2) is 0 Å². The number of fused-ring (bicyclic) bond motifs is 1. The normalized spacial score (nSPS) is 16.3. The van der Waals surface area contributed by atoms with Crippen LogP contribution in [0.5, 0.6) is 5.75 Å². The van der Waals surface area contributed by atoms with Crippen LogP contribution in [0.3, 0.4) is 0 Å². The van der Waals surface area contributed by atoms with Gasteiger partial charge in [0, 0.05) is 23.6 Å². The van der Waals surface area contributed by atoms with Crippen LogP contribution in [0.15, 0.2) is 30.5 Å². The fourth-order valence-corrected chi connectivity index (χ4v) is 3.12. The number of hydrogen-bond donors (Lipinski definition) is 0. The molecule has 1 aromatic carbocycles. The second-order valence-corrected chi connectivity index (χ2v) is 5.69. The first-order valence-corrected chi connectivity index (χ1v) is 7.58. The number of benzene rings is 1. The Balaban J connectivity index is 1.78. The summed E-state index contributed by atoms with van der Waals surface area (Å²) in [6, 6.07) is 8.68. The molecule has 0 unspecified atom stereocenters. The Morgan fingerprint density at radius 3 is 2.84 bits per heavy atom. The van der Waals surface area contributed by atoms with Crippen molar-refractivity contribution in [2.24, 2.45) is 5.92 Å². The molecular formula is C17H23NO. The second kappa shape index (κ2) is 5.68. The van der Waals surface area contributed by atoms with E-state index in [0.717, 1.165) is 24.7 Å². The maximum Gasteiger partial charge on any atom is 0.120 e. The summed E-state index contributed by atoms with van der Waals surface area (Å²) in [5.74, 6) is 1.87. The predicted octanol–water partition coefficient (Wildman–Crippen LogP) is 4.62. The van der Waals surface area contributed by atoms with Gasteiger partial charge < -0.3 is 9.30 Å². The lowest BCUT2D eigenvalue weighted by Gasteiger charge is -2.12. The van der Waals surface area contributed by atoms with E-state index < -0.39 is 0 Å². The van der Waals surface area contributed by atoms with Crippen molar-refractivity contribution in [3.63, 3.8) is 0 Å². The zero-order valence-electron chi connectivity index (χ0n) is 11.8. The largest absolute Gasteiger partial charge is 0.494 e. The molecule has 0 bridgehead atoms. The highest BCUT2D eigenvalue weighted by atomic mass is 16.5. The predicted molar refractivity (Wildman–Crippen MR) is 79.7 cm³/mol. The molecule has 102 valence electrons. The smallest absolute Gasteiger partial charge is 0.120 e. The zero-order valence-corrected chi connectivity index (χ0v) is 11.8. The highest BCUT2D eigenvalue weighted by molar-refractivity contribution is 5.81. The molecule has 1 fully saturated rings. The number of ether oxygens (including phenoxy) is 1. The molecule has 19 heavy (non-hydrogen) atoms. The van der Waals surface area contributed by atoms with Gasteiger partial charge in [0.1, 0.15) is 5.75 Å². The van der Waals surface area contributed by atoms with Crippen molar-refractivity contribution >= 4 is 10.9 Å². The molecule has 0 N–H and O–H groups in total. The van der Waals surface area contributed by atoms with Crippen LogP contribution < -0.4 is 4.74 Å². The van der Waals surface area contributed by atoms with Crippen LogP contribution in [0.4, 0.5) is 0 Å². The van der Waals surface area contributed by atoms with Gasteiger partial charge in [-0.3, -0.25) is 0 Å². The maximum atomic E-state index is 5.70. The zero-order chi connectivity index (χ0) is 13.1. The summed E-state index contributed by atoms with van der Waals surface area (Å²) in [4.78, 5) is 0. The van der Waals surface area contributed by atoms with E-state index in [0.29, 0.717) is 0 Å². The van der Waals surface area contributed by atoms with Gasteiger partial charge in [-0.05, 0) is 49.4 Å². The summed E-state index contributed by atoms with van der Waals surface area (Å²) < 4.78 is 8.11. The number of aromatic nitrogens is 1. The molecule has 0 saturated heterocycles. The van der Waals surface area contributed by atoms with E-state index in [1.54, 1.807) is 0 Å². The average Bonchev–Trinajstić information content (AvgIpc) is 3.07. The highest BCUT2D eigenvalue weighted by Gasteiger charge is 2.16. The molecule has 2 heteroatoms. The first kappa shape index (κ1) is 12.6. The van der Waals surface area contributed by atoms with E-state index in [2.05, 4.69) is 42.0 Å². The monoisotopic (exact) mass is 257 g/mol. The first-order chi connectivity index (χ1) is 9.36. The van der Waals surface area contributed by atoms with Gasteiger partial charge in [-0.15, -0.1) is 0 Å². The van der Waals surface area contributed by atoms with Crippen molar-refractivity contribution in [3.8, 4) is 5.75 Å². The van der Waals surface area contributed by atoms with Gasteiger partial charge >= 0.3 is 0 Å². The topological polar surface area (TPSA) is 14.2 Å². The fraction of sp³-hybridized carbons (Fsp3) is 0.529. The summed E-state index contributed by atoms with van der Waals surface area (Å²) in [6.45, 7) is 4.11. The lowest BCUT2D eigenvalue weighted by atomic mass is 10.1. The van der Waals surface area contributed by atoms with Gasteiger partial charge in [-0.1, -0.05) is 19.8 Å². The van der Waals surface area contributed by atoms with Gasteiger partial charge in [0.2, 0.25) is 0 Å². The van der Waals surface area contributed by atoms with Gasteiger partial charge in [-0.25, -0.2) is 0 Å². The minimum Gasteiger partial charge on any atom is -0.494 e. The summed E-state index contributed by atoms with van der Waals surface area (Å²) in [5, 5.41) is 1.30. The van der Waals surface area contributed by atoms with Crippen LogP contribution in [0.2, 0.25) is 0 Å². The Hall–Kier alpha value is -1.44. The molecule has 0 spiro atoms. The van der Waals surface area contributed by atoms with E-state index in [4.69, 9.17) is 4.74 Å². The average molecular weight is 257 g/mol. The SMILES string of the molecule is CCCOc1ccc2c(ccn2CC2CCCC2)c1. The Labute approximate surface area is 115 Å². The first-order valence-electron chi connectivity index (χ1n) is 7.58. The third-order valence-electron chi connectivity index (χ3n) is 4.14. The third-order valence-corrected chi connectivity index (χ3v) is 4.14. The van der Waals surface area contributed by atoms with E-state index in [-0.39, 0.29) is 0 Å². The molecule has 0 amide bonds. The van der Waals surface area contributed by atoms with Crippen molar-refractivity contribution in [1.82, 2.24) is 4.57 Å². The Morgan fingerprint density at radius 1 is 1.21 bits per heavy atom. The number of rotatable bonds is 5. The molecule has 3 rings (SSSR count). The van der Waals surface area contributed by atoms with Crippen molar-refractivity contribution in [2.45, 2.75) is 45.6 Å². The van der Waals surface area contributed by atoms with Crippen LogP contribution in [-0.4, -0.2) is 11.2 Å². The fourth-order valence-electron chi connectivity index (χ4n) is 3.12. The molecule has 2 nitrogen and oxygen atoms in total. The van der Waals surface area contributed by atoms with Crippen molar-refractivity contribution in [1.29, 1.82) is 0 Å². The van der Waals surface area contributed by atoms with Crippen LogP contribution >= 0.6 is 0 Å². The lowest BCUT2D eigenvalue weighted by Crippen LogP contribution is -2.05. The van der Waals surface area contributed by atoms with Crippen molar-refractivity contribution < 1.29 is 4.74 Å². The van der Waals surface area contributed by atoms with Crippen LogP contribution in [0.1, 0.15) is 39.0 Å². The molecule has 0 aliphatic heterocycles. The maximum absolute atomic E-state index is 5.70. The molecule has 1 heterocycles. The molecule has 1 aromatic heterocycles. The van der Waals surface area contributed by atoms with Crippen LogP contribution in [-0.2, 0) is 6.54 Å². The Bertz CT molecular complexity index is 537. The standard InChI is InChI=1S/C17H23NO/c1-2-11-19-16-7-8-17-15(12-16)9-10-18(17)13-14-5-3-4-6-14/h7-10,12,14H,2-6,11,13H2,1H3. The van der Waals surface area contributed by atoms with Crippen molar-refractivity contribution in [3.05, 3.63) is 30.5 Å². The third kappa shape index (κ3) is 2.78. The van der Waals surface area contributed by atoms with Gasteiger partial charge in [-0.2, -0.15) is 0 Å². The molecule has 2 aromatic rings. The molecule has 0 radical (unpaired) electrons. The summed E-state index contributed by atoms with van der Waals surface area (Å²) in [7, 11) is 0. The Kier molecular flexibility index (Phi) is 3.77. The van der Waals surface area contributed by atoms with E-state index >= 15 is 0 Å². The quantitative estimate of drug-likeness (QED) is 0.762. The van der Waals surface area contributed by atoms with Crippen LogP contribution in [0, 0.1) is 5.92 Å². The number of hydrogen-bond acceptors (Lipinski definition) is 1. The highest BCUT2D eigenvalue weighted by Crippen LogP contribution is 2.29. The van der Waals surface area contributed by atoms with E-state index in [1.807, 2.05) is 0 Å². The number of nitrogens with zero attached hydrogens (tertiary/aromatic N) is 1. The molecule has 1 aliphatic rings. The summed E-state index contributed by atoms with van der Waals surface area (Å²) in [5.41, 5.74) is 1.34. The lowest BCUT2D eigenvalue weighted by molar-refractivity contribution is 0.318. The molecule has 0 atom stereocenters. The van der Waals surface area contributed by atoms with Gasteiger partial charge in [0.25, 0.3) is 0 Å². The van der Waals surface area contributed by atoms with Crippen molar-refractivity contribution in [2.75, 3.05) is 6.61 Å². The van der Waals surface area contributed by atoms with E-state index in [9.17, 15) is 0 Å². The second-order valence-electron chi connectivity index (χ2n) is 5.69.